The number of hydrogen-bond acceptors (Lipinski definition) is 3. The van der Waals surface area contributed by atoms with Crippen molar-refractivity contribution < 1.29 is 9.52 Å². The van der Waals surface area contributed by atoms with Crippen molar-refractivity contribution in [2.24, 2.45) is 4.99 Å². The average molecular weight is 511 g/mol. The zero-order valence-corrected chi connectivity index (χ0v) is 19.4. The molecule has 6 heteroatoms. The van der Waals surface area contributed by atoms with Gasteiger partial charge in [-0.05, 0) is 55.4 Å². The van der Waals surface area contributed by atoms with Gasteiger partial charge in [0, 0.05) is 32.2 Å². The Morgan fingerprint density at radius 3 is 2.69 bits per heavy atom. The lowest BCUT2D eigenvalue weighted by atomic mass is 9.88. The van der Waals surface area contributed by atoms with Crippen LogP contribution in [0.15, 0.2) is 52.1 Å². The first-order valence-corrected chi connectivity index (χ1v) is 10.6. The third-order valence-electron chi connectivity index (χ3n) is 5.27. The second-order valence-corrected chi connectivity index (χ2v) is 7.48. The monoisotopic (exact) mass is 511 g/mol. The number of aryl methyl sites for hydroxylation is 1. The molecule has 0 aliphatic heterocycles. The Balaban J connectivity index is 0.00000300. The Morgan fingerprint density at radius 1 is 1.07 bits per heavy atom. The number of fused-ring (bicyclic) bond motifs is 1. The molecule has 1 aromatic carbocycles. The molecule has 0 radical (unpaired) electrons. The van der Waals surface area contributed by atoms with Gasteiger partial charge in [0.05, 0.1) is 6.26 Å². The molecule has 0 saturated heterocycles. The third kappa shape index (κ3) is 8.38. The molecule has 1 aromatic heterocycles. The molecule has 5 nitrogen and oxygen atoms in total. The number of aliphatic hydroxyl groups excluding tert-OH is 1. The van der Waals surface area contributed by atoms with E-state index in [9.17, 15) is 0 Å². The molecule has 0 spiro atoms. The number of rotatable bonds is 10. The summed E-state index contributed by atoms with van der Waals surface area (Å²) in [4.78, 5) is 4.79. The van der Waals surface area contributed by atoms with Crippen LogP contribution < -0.4 is 10.6 Å². The highest BCUT2D eigenvalue weighted by molar-refractivity contribution is 14.0. The van der Waals surface area contributed by atoms with Crippen molar-refractivity contribution in [3.8, 4) is 0 Å². The van der Waals surface area contributed by atoms with Crippen LogP contribution in [0.25, 0.3) is 0 Å². The van der Waals surface area contributed by atoms with Crippen LogP contribution in [0, 0.1) is 0 Å². The van der Waals surface area contributed by atoms with Crippen molar-refractivity contribution in [3.05, 3.63) is 59.5 Å². The van der Waals surface area contributed by atoms with Gasteiger partial charge in [-0.1, -0.05) is 37.1 Å². The fourth-order valence-electron chi connectivity index (χ4n) is 3.69. The number of aliphatic hydroxyl groups is 1. The SMILES string of the molecule is I.OCCCCCCN=C(NCCc1ccco1)NC1CCc2ccccc2C1. The van der Waals surface area contributed by atoms with E-state index in [1.807, 2.05) is 12.1 Å². The lowest BCUT2D eigenvalue weighted by molar-refractivity contribution is 0.282. The number of nitrogens with one attached hydrogen (secondary N) is 2. The quantitative estimate of drug-likeness (QED) is 0.195. The van der Waals surface area contributed by atoms with Crippen LogP contribution in [0.3, 0.4) is 0 Å². The van der Waals surface area contributed by atoms with E-state index in [2.05, 4.69) is 34.9 Å². The van der Waals surface area contributed by atoms with Crippen LogP contribution in [0.1, 0.15) is 49.0 Å². The van der Waals surface area contributed by atoms with Gasteiger partial charge >= 0.3 is 0 Å². The van der Waals surface area contributed by atoms with E-state index in [0.717, 1.165) is 76.2 Å². The Kier molecular flexibility index (Phi) is 11.2. The van der Waals surface area contributed by atoms with Gasteiger partial charge in [0.25, 0.3) is 0 Å². The summed E-state index contributed by atoms with van der Waals surface area (Å²) in [6, 6.07) is 13.1. The van der Waals surface area contributed by atoms with Crippen molar-refractivity contribution in [1.82, 2.24) is 10.6 Å². The molecule has 0 amide bonds. The average Bonchev–Trinajstić information content (AvgIpc) is 3.24. The Hall–Kier alpha value is -1.54. The molecular formula is C23H34IN3O2. The largest absolute Gasteiger partial charge is 0.469 e. The first-order chi connectivity index (χ1) is 13.8. The zero-order chi connectivity index (χ0) is 19.4. The fraction of sp³-hybridized carbons (Fsp3) is 0.522. The normalized spacial score (nSPS) is 16.0. The summed E-state index contributed by atoms with van der Waals surface area (Å²) < 4.78 is 5.42. The van der Waals surface area contributed by atoms with E-state index in [1.165, 1.54) is 11.1 Å². The van der Waals surface area contributed by atoms with Crippen molar-refractivity contribution in [2.75, 3.05) is 19.7 Å². The molecule has 0 fully saturated rings. The molecular weight excluding hydrogens is 477 g/mol. The summed E-state index contributed by atoms with van der Waals surface area (Å²) in [5.41, 5.74) is 2.93. The van der Waals surface area contributed by atoms with E-state index in [1.54, 1.807) is 6.26 Å². The highest BCUT2D eigenvalue weighted by Crippen LogP contribution is 2.20. The van der Waals surface area contributed by atoms with Crippen LogP contribution in [-0.2, 0) is 19.3 Å². The van der Waals surface area contributed by atoms with Crippen LogP contribution in [-0.4, -0.2) is 36.8 Å². The number of unbranched alkanes of at least 4 members (excludes halogenated alkanes) is 3. The van der Waals surface area contributed by atoms with E-state index in [0.29, 0.717) is 6.04 Å². The number of furan rings is 1. The van der Waals surface area contributed by atoms with Gasteiger partial charge in [-0.2, -0.15) is 0 Å². The first-order valence-electron chi connectivity index (χ1n) is 10.6. The van der Waals surface area contributed by atoms with Crippen LogP contribution in [0.5, 0.6) is 0 Å². The number of hydrogen-bond donors (Lipinski definition) is 3. The predicted molar refractivity (Wildman–Crippen MR) is 129 cm³/mol. The second-order valence-electron chi connectivity index (χ2n) is 7.48. The highest BCUT2D eigenvalue weighted by atomic mass is 127. The van der Waals surface area contributed by atoms with Crippen molar-refractivity contribution in [3.63, 3.8) is 0 Å². The Morgan fingerprint density at radius 2 is 1.90 bits per heavy atom. The topological polar surface area (TPSA) is 69.8 Å². The summed E-state index contributed by atoms with van der Waals surface area (Å²) in [5, 5.41) is 16.0. The number of nitrogens with zero attached hydrogens (tertiary/aromatic N) is 1. The Labute approximate surface area is 191 Å². The first kappa shape index (κ1) is 23.7. The molecule has 29 heavy (non-hydrogen) atoms. The van der Waals surface area contributed by atoms with Gasteiger partial charge in [-0.3, -0.25) is 4.99 Å². The standard InChI is InChI=1S/C23H33N3O2.HI/c27-16-6-2-1-5-14-24-23(25-15-13-22-10-7-17-28-22)26-21-12-11-19-8-3-4-9-20(19)18-21;/h3-4,7-10,17,21,27H,1-2,5-6,11-16,18H2,(H2,24,25,26);1H. The van der Waals surface area contributed by atoms with Gasteiger partial charge in [0.15, 0.2) is 5.96 Å². The predicted octanol–water partition coefficient (Wildman–Crippen LogP) is 4.09. The zero-order valence-electron chi connectivity index (χ0n) is 17.1. The van der Waals surface area contributed by atoms with Gasteiger partial charge in [-0.15, -0.1) is 24.0 Å². The number of halogens is 1. The molecule has 1 unspecified atom stereocenters. The number of aliphatic imine (C=N–C) groups is 1. The van der Waals surface area contributed by atoms with Gasteiger partial charge in [0.1, 0.15) is 5.76 Å². The fourth-order valence-corrected chi connectivity index (χ4v) is 3.69. The summed E-state index contributed by atoms with van der Waals surface area (Å²) in [7, 11) is 0. The van der Waals surface area contributed by atoms with Crippen LogP contribution in [0.4, 0.5) is 0 Å². The molecule has 160 valence electrons. The minimum atomic E-state index is 0. The summed E-state index contributed by atoms with van der Waals surface area (Å²) >= 11 is 0. The summed E-state index contributed by atoms with van der Waals surface area (Å²) in [6.07, 6.45) is 9.98. The van der Waals surface area contributed by atoms with Gasteiger partial charge < -0.3 is 20.2 Å². The third-order valence-corrected chi connectivity index (χ3v) is 5.27. The van der Waals surface area contributed by atoms with Crippen LogP contribution in [0.2, 0.25) is 0 Å². The van der Waals surface area contributed by atoms with Gasteiger partial charge in [-0.25, -0.2) is 0 Å². The minimum absolute atomic E-state index is 0. The van der Waals surface area contributed by atoms with E-state index < -0.39 is 0 Å². The van der Waals surface area contributed by atoms with Crippen molar-refractivity contribution in [2.45, 2.75) is 57.4 Å². The van der Waals surface area contributed by atoms with E-state index >= 15 is 0 Å². The maximum absolute atomic E-state index is 8.88. The molecule has 1 atom stereocenters. The maximum atomic E-state index is 8.88. The molecule has 2 aromatic rings. The van der Waals surface area contributed by atoms with E-state index in [4.69, 9.17) is 14.5 Å². The molecule has 3 N–H and O–H groups in total. The molecule has 0 bridgehead atoms. The summed E-state index contributed by atoms with van der Waals surface area (Å²) in [6.45, 7) is 1.89. The number of benzene rings is 1. The van der Waals surface area contributed by atoms with Gasteiger partial charge in [0.2, 0.25) is 0 Å². The molecule has 1 heterocycles. The highest BCUT2D eigenvalue weighted by Gasteiger charge is 2.19. The van der Waals surface area contributed by atoms with E-state index in [-0.39, 0.29) is 30.6 Å². The summed E-state index contributed by atoms with van der Waals surface area (Å²) in [5.74, 6) is 1.89. The molecule has 1 aliphatic rings. The molecule has 3 rings (SSSR count). The van der Waals surface area contributed by atoms with Crippen molar-refractivity contribution in [1.29, 1.82) is 0 Å². The number of guanidine groups is 1. The van der Waals surface area contributed by atoms with Crippen LogP contribution >= 0.6 is 24.0 Å². The minimum Gasteiger partial charge on any atom is -0.469 e. The molecule has 1 aliphatic carbocycles. The lowest BCUT2D eigenvalue weighted by Crippen LogP contribution is -2.46. The Bertz CT molecular complexity index is 719. The lowest BCUT2D eigenvalue weighted by Gasteiger charge is -2.27. The molecule has 0 saturated carbocycles. The second kappa shape index (κ2) is 13.6. The van der Waals surface area contributed by atoms with Crippen molar-refractivity contribution >= 4 is 29.9 Å². The smallest absolute Gasteiger partial charge is 0.191 e. The maximum Gasteiger partial charge on any atom is 0.191 e.